The van der Waals surface area contributed by atoms with Crippen LogP contribution in [0.25, 0.3) is 0 Å². The van der Waals surface area contributed by atoms with Crippen LogP contribution in [-0.4, -0.2) is 0 Å². The summed E-state index contributed by atoms with van der Waals surface area (Å²) in [4.78, 5) is 0. The third kappa shape index (κ3) is 6.51. The summed E-state index contributed by atoms with van der Waals surface area (Å²) in [6, 6.07) is 2.55. The van der Waals surface area contributed by atoms with E-state index in [0.717, 1.165) is 19.3 Å². The molecule has 0 aliphatic rings. The predicted molar refractivity (Wildman–Crippen MR) is 75.7 cm³/mol. The number of hydrogen-bond donors (Lipinski definition) is 0. The average Bonchev–Trinajstić information content (AvgIpc) is 2.28. The Morgan fingerprint density at radius 2 is 2.00 bits per heavy atom. The molecule has 17 heavy (non-hydrogen) atoms. The van der Waals surface area contributed by atoms with Crippen molar-refractivity contribution in [2.45, 2.75) is 73.1 Å². The zero-order valence-corrected chi connectivity index (χ0v) is 12.3. The van der Waals surface area contributed by atoms with E-state index in [1.807, 2.05) is 0 Å². The Hall–Kier alpha value is -0.770. The van der Waals surface area contributed by atoms with Crippen molar-refractivity contribution in [2.75, 3.05) is 0 Å². The number of rotatable bonds is 8. The van der Waals surface area contributed by atoms with Gasteiger partial charge in [-0.3, -0.25) is 0 Å². The van der Waals surface area contributed by atoms with Crippen LogP contribution in [0.3, 0.4) is 0 Å². The summed E-state index contributed by atoms with van der Waals surface area (Å²) >= 11 is 0. The number of allylic oxidation sites excluding steroid dienone is 2. The molecule has 0 spiro atoms. The molecule has 0 fully saturated rings. The lowest BCUT2D eigenvalue weighted by atomic mass is 9.73. The molecule has 0 rings (SSSR count). The van der Waals surface area contributed by atoms with Crippen molar-refractivity contribution in [1.82, 2.24) is 0 Å². The summed E-state index contributed by atoms with van der Waals surface area (Å²) < 4.78 is 0. The standard InChI is InChI=1S/C16H29N/c1-6-7-8-12-16(5,13-17)15(4)11-9-10-14(2)3/h10,15H,6-9,11-12H2,1-5H3. The van der Waals surface area contributed by atoms with E-state index in [-0.39, 0.29) is 5.41 Å². The van der Waals surface area contributed by atoms with Gasteiger partial charge in [0.1, 0.15) is 0 Å². The zero-order valence-electron chi connectivity index (χ0n) is 12.3. The molecule has 2 unspecified atom stereocenters. The fourth-order valence-corrected chi connectivity index (χ4v) is 2.10. The van der Waals surface area contributed by atoms with Gasteiger partial charge in [0.2, 0.25) is 0 Å². The molecule has 0 saturated carbocycles. The van der Waals surface area contributed by atoms with Gasteiger partial charge in [-0.1, -0.05) is 44.8 Å². The van der Waals surface area contributed by atoms with E-state index in [0.29, 0.717) is 5.92 Å². The smallest absolute Gasteiger partial charge is 0.0689 e. The van der Waals surface area contributed by atoms with Crippen LogP contribution < -0.4 is 0 Å². The summed E-state index contributed by atoms with van der Waals surface area (Å²) in [5.41, 5.74) is 1.24. The number of unbranched alkanes of at least 4 members (excludes halogenated alkanes) is 2. The minimum atomic E-state index is -0.134. The van der Waals surface area contributed by atoms with Crippen molar-refractivity contribution in [3.05, 3.63) is 11.6 Å². The van der Waals surface area contributed by atoms with Crippen LogP contribution in [0, 0.1) is 22.7 Å². The molecule has 1 nitrogen and oxygen atoms in total. The summed E-state index contributed by atoms with van der Waals surface area (Å²) in [5.74, 6) is 0.486. The first-order valence-corrected chi connectivity index (χ1v) is 7.01. The van der Waals surface area contributed by atoms with Crippen LogP contribution in [0.2, 0.25) is 0 Å². The molecule has 0 heterocycles. The maximum absolute atomic E-state index is 9.40. The normalized spacial score (nSPS) is 15.8. The van der Waals surface area contributed by atoms with Crippen molar-refractivity contribution in [1.29, 1.82) is 5.26 Å². The molecule has 0 aromatic heterocycles. The molecule has 0 radical (unpaired) electrons. The van der Waals surface area contributed by atoms with Gasteiger partial charge in [0.25, 0.3) is 0 Å². The average molecular weight is 235 g/mol. The van der Waals surface area contributed by atoms with E-state index in [2.05, 4.69) is 46.8 Å². The molecule has 2 atom stereocenters. The fraction of sp³-hybridized carbons (Fsp3) is 0.812. The van der Waals surface area contributed by atoms with E-state index in [1.54, 1.807) is 0 Å². The molecular weight excluding hydrogens is 206 g/mol. The van der Waals surface area contributed by atoms with Crippen LogP contribution in [0.1, 0.15) is 73.1 Å². The second kappa shape index (κ2) is 8.34. The largest absolute Gasteiger partial charge is 0.198 e. The minimum absolute atomic E-state index is 0.134. The summed E-state index contributed by atoms with van der Waals surface area (Å²) in [5, 5.41) is 9.40. The Morgan fingerprint density at radius 1 is 1.35 bits per heavy atom. The monoisotopic (exact) mass is 235 g/mol. The van der Waals surface area contributed by atoms with Gasteiger partial charge in [-0.25, -0.2) is 0 Å². The Bertz CT molecular complexity index is 268. The molecule has 0 amide bonds. The van der Waals surface area contributed by atoms with Gasteiger partial charge in [-0.05, 0) is 46.0 Å². The highest BCUT2D eigenvalue weighted by atomic mass is 14.4. The van der Waals surface area contributed by atoms with Gasteiger partial charge in [0, 0.05) is 0 Å². The fourth-order valence-electron chi connectivity index (χ4n) is 2.10. The molecule has 0 aliphatic carbocycles. The van der Waals surface area contributed by atoms with Crippen LogP contribution >= 0.6 is 0 Å². The first-order chi connectivity index (χ1) is 7.96. The molecule has 0 aromatic carbocycles. The molecule has 0 bridgehead atoms. The first kappa shape index (κ1) is 16.2. The summed E-state index contributed by atoms with van der Waals surface area (Å²) in [7, 11) is 0. The second-order valence-electron chi connectivity index (χ2n) is 5.75. The molecule has 0 aliphatic heterocycles. The molecule has 1 heteroatoms. The van der Waals surface area contributed by atoms with Crippen LogP contribution in [0.4, 0.5) is 0 Å². The molecule has 0 N–H and O–H groups in total. The van der Waals surface area contributed by atoms with Gasteiger partial charge >= 0.3 is 0 Å². The van der Waals surface area contributed by atoms with E-state index in [9.17, 15) is 5.26 Å². The van der Waals surface area contributed by atoms with Crippen molar-refractivity contribution in [3.63, 3.8) is 0 Å². The molecular formula is C16H29N. The Labute approximate surface area is 108 Å². The highest BCUT2D eigenvalue weighted by Crippen LogP contribution is 2.35. The maximum atomic E-state index is 9.40. The third-order valence-electron chi connectivity index (χ3n) is 3.80. The van der Waals surface area contributed by atoms with Gasteiger partial charge in [0.05, 0.1) is 11.5 Å². The Balaban J connectivity index is 4.22. The number of nitrogens with zero attached hydrogens (tertiary/aromatic N) is 1. The van der Waals surface area contributed by atoms with Gasteiger partial charge < -0.3 is 0 Å². The van der Waals surface area contributed by atoms with Gasteiger partial charge in [0.15, 0.2) is 0 Å². The van der Waals surface area contributed by atoms with E-state index >= 15 is 0 Å². The van der Waals surface area contributed by atoms with Crippen molar-refractivity contribution < 1.29 is 0 Å². The van der Waals surface area contributed by atoms with Crippen LogP contribution in [0.15, 0.2) is 11.6 Å². The van der Waals surface area contributed by atoms with Gasteiger partial charge in [-0.15, -0.1) is 0 Å². The molecule has 0 aromatic rings. The lowest BCUT2D eigenvalue weighted by Crippen LogP contribution is -2.23. The zero-order chi connectivity index (χ0) is 13.3. The topological polar surface area (TPSA) is 23.8 Å². The van der Waals surface area contributed by atoms with Crippen LogP contribution in [-0.2, 0) is 0 Å². The second-order valence-corrected chi connectivity index (χ2v) is 5.75. The SMILES string of the molecule is CCCCCC(C)(C#N)C(C)CCC=C(C)C. The Morgan fingerprint density at radius 3 is 2.47 bits per heavy atom. The highest BCUT2D eigenvalue weighted by Gasteiger charge is 2.29. The highest BCUT2D eigenvalue weighted by molar-refractivity contribution is 5.00. The van der Waals surface area contributed by atoms with Crippen LogP contribution in [0.5, 0.6) is 0 Å². The summed E-state index contributed by atoms with van der Waals surface area (Å²) in [6.07, 6.45) is 9.22. The number of hydrogen-bond acceptors (Lipinski definition) is 1. The molecule has 0 saturated heterocycles. The minimum Gasteiger partial charge on any atom is -0.198 e. The van der Waals surface area contributed by atoms with Crippen molar-refractivity contribution >= 4 is 0 Å². The van der Waals surface area contributed by atoms with E-state index in [1.165, 1.54) is 24.8 Å². The van der Waals surface area contributed by atoms with E-state index < -0.39 is 0 Å². The lowest BCUT2D eigenvalue weighted by molar-refractivity contribution is 0.245. The third-order valence-corrected chi connectivity index (χ3v) is 3.80. The van der Waals surface area contributed by atoms with Crippen molar-refractivity contribution in [3.8, 4) is 6.07 Å². The van der Waals surface area contributed by atoms with Crippen molar-refractivity contribution in [2.24, 2.45) is 11.3 Å². The lowest BCUT2D eigenvalue weighted by Gasteiger charge is -2.28. The number of nitriles is 1. The van der Waals surface area contributed by atoms with E-state index in [4.69, 9.17) is 0 Å². The molecule has 98 valence electrons. The van der Waals surface area contributed by atoms with Gasteiger partial charge in [-0.2, -0.15) is 5.26 Å². The quantitative estimate of drug-likeness (QED) is 0.404. The predicted octanol–water partition coefficient (Wildman–Crippen LogP) is 5.48. The Kier molecular flexibility index (Phi) is 7.96. The first-order valence-electron chi connectivity index (χ1n) is 7.01. The maximum Gasteiger partial charge on any atom is 0.0689 e. The summed E-state index contributed by atoms with van der Waals surface area (Å²) in [6.45, 7) is 10.8.